The standard InChI is InChI=1S/C11H21N3O.HI/c1-3-12-10(14-9-4-5-9)13-6-11(2)7-15-8-11;/h9H,3-8H2,1-2H3,(H2,12,13,14);1H. The second kappa shape index (κ2) is 6.05. The quantitative estimate of drug-likeness (QED) is 0.462. The third kappa shape index (κ3) is 4.08. The molecule has 1 heterocycles. The van der Waals surface area contributed by atoms with E-state index >= 15 is 0 Å². The van der Waals surface area contributed by atoms with Crippen molar-refractivity contribution in [2.45, 2.75) is 32.7 Å². The molecule has 0 aromatic heterocycles. The Kier molecular flexibility index (Phi) is 5.30. The van der Waals surface area contributed by atoms with Crippen LogP contribution in [0.4, 0.5) is 0 Å². The van der Waals surface area contributed by atoms with Gasteiger partial charge in [0.2, 0.25) is 0 Å². The monoisotopic (exact) mass is 339 g/mol. The Hall–Kier alpha value is -0.0400. The second-order valence-corrected chi connectivity index (χ2v) is 4.92. The summed E-state index contributed by atoms with van der Waals surface area (Å²) in [6, 6.07) is 0.660. The van der Waals surface area contributed by atoms with E-state index in [1.807, 2.05) is 0 Å². The number of nitrogens with one attached hydrogen (secondary N) is 2. The molecule has 0 atom stereocenters. The van der Waals surface area contributed by atoms with Crippen LogP contribution in [0.25, 0.3) is 0 Å². The lowest BCUT2D eigenvalue weighted by Gasteiger charge is -2.36. The molecule has 0 radical (unpaired) electrons. The van der Waals surface area contributed by atoms with Crippen molar-refractivity contribution in [3.63, 3.8) is 0 Å². The molecule has 4 nitrogen and oxygen atoms in total. The Labute approximate surface area is 115 Å². The Morgan fingerprint density at radius 3 is 2.56 bits per heavy atom. The molecule has 1 saturated heterocycles. The summed E-state index contributed by atoms with van der Waals surface area (Å²) in [6.45, 7) is 7.79. The molecule has 5 heteroatoms. The van der Waals surface area contributed by atoms with Gasteiger partial charge in [-0.05, 0) is 19.8 Å². The topological polar surface area (TPSA) is 45.7 Å². The van der Waals surface area contributed by atoms with Gasteiger partial charge in [0.1, 0.15) is 0 Å². The van der Waals surface area contributed by atoms with Crippen LogP contribution in [0.1, 0.15) is 26.7 Å². The number of hydrogen-bond acceptors (Lipinski definition) is 2. The van der Waals surface area contributed by atoms with Crippen LogP contribution in [0.3, 0.4) is 0 Å². The molecule has 0 unspecified atom stereocenters. The SMILES string of the molecule is CCNC(=NCC1(C)COC1)NC1CC1.I. The molecule has 94 valence electrons. The lowest BCUT2D eigenvalue weighted by atomic mass is 9.89. The van der Waals surface area contributed by atoms with Gasteiger partial charge in [0.25, 0.3) is 0 Å². The van der Waals surface area contributed by atoms with Crippen LogP contribution in [0, 0.1) is 5.41 Å². The molecule has 16 heavy (non-hydrogen) atoms. The first kappa shape index (κ1) is 14.0. The minimum absolute atomic E-state index is 0. The highest BCUT2D eigenvalue weighted by molar-refractivity contribution is 14.0. The van der Waals surface area contributed by atoms with Crippen molar-refractivity contribution < 1.29 is 4.74 Å². The lowest BCUT2D eigenvalue weighted by molar-refractivity contribution is -0.0945. The first-order valence-corrected chi connectivity index (χ1v) is 5.84. The maximum Gasteiger partial charge on any atom is 0.191 e. The van der Waals surface area contributed by atoms with Crippen LogP contribution < -0.4 is 10.6 Å². The molecular formula is C11H22IN3O. The van der Waals surface area contributed by atoms with E-state index in [-0.39, 0.29) is 29.4 Å². The average Bonchev–Trinajstić information content (AvgIpc) is 2.95. The molecule has 0 spiro atoms. The van der Waals surface area contributed by atoms with Gasteiger partial charge in [-0.25, -0.2) is 0 Å². The van der Waals surface area contributed by atoms with Gasteiger partial charge in [0, 0.05) is 18.0 Å². The summed E-state index contributed by atoms with van der Waals surface area (Å²) in [4.78, 5) is 4.60. The first-order valence-electron chi connectivity index (χ1n) is 5.84. The predicted molar refractivity (Wildman–Crippen MR) is 76.5 cm³/mol. The number of hydrogen-bond donors (Lipinski definition) is 2. The maximum atomic E-state index is 5.21. The highest BCUT2D eigenvalue weighted by Gasteiger charge is 2.33. The highest BCUT2D eigenvalue weighted by atomic mass is 127. The van der Waals surface area contributed by atoms with Crippen molar-refractivity contribution in [3.8, 4) is 0 Å². The van der Waals surface area contributed by atoms with Crippen molar-refractivity contribution >= 4 is 29.9 Å². The molecule has 1 aliphatic heterocycles. The number of halogens is 1. The van der Waals surface area contributed by atoms with Crippen molar-refractivity contribution in [3.05, 3.63) is 0 Å². The largest absolute Gasteiger partial charge is 0.380 e. The minimum Gasteiger partial charge on any atom is -0.380 e. The fourth-order valence-electron chi connectivity index (χ4n) is 1.55. The van der Waals surface area contributed by atoms with Crippen LogP contribution in [-0.2, 0) is 4.74 Å². The van der Waals surface area contributed by atoms with Crippen LogP contribution in [0.15, 0.2) is 4.99 Å². The van der Waals surface area contributed by atoms with Crippen molar-refractivity contribution in [2.24, 2.45) is 10.4 Å². The molecule has 0 aromatic rings. The van der Waals surface area contributed by atoms with E-state index < -0.39 is 0 Å². The van der Waals surface area contributed by atoms with Gasteiger partial charge in [-0.2, -0.15) is 0 Å². The van der Waals surface area contributed by atoms with E-state index in [0.717, 1.165) is 32.3 Å². The van der Waals surface area contributed by atoms with Gasteiger partial charge < -0.3 is 15.4 Å². The Balaban J connectivity index is 0.00000128. The summed E-state index contributed by atoms with van der Waals surface area (Å²) in [5.41, 5.74) is 0.270. The van der Waals surface area contributed by atoms with E-state index in [2.05, 4.69) is 29.5 Å². The van der Waals surface area contributed by atoms with E-state index in [1.54, 1.807) is 0 Å². The van der Waals surface area contributed by atoms with Crippen LogP contribution in [0.2, 0.25) is 0 Å². The Morgan fingerprint density at radius 1 is 1.44 bits per heavy atom. The fraction of sp³-hybridized carbons (Fsp3) is 0.909. The van der Waals surface area contributed by atoms with E-state index in [0.29, 0.717) is 6.04 Å². The van der Waals surface area contributed by atoms with Gasteiger partial charge in [-0.1, -0.05) is 6.92 Å². The van der Waals surface area contributed by atoms with Crippen LogP contribution in [-0.4, -0.2) is 38.3 Å². The van der Waals surface area contributed by atoms with Gasteiger partial charge in [-0.15, -0.1) is 24.0 Å². The second-order valence-electron chi connectivity index (χ2n) is 4.92. The number of rotatable bonds is 4. The molecule has 2 N–H and O–H groups in total. The number of ether oxygens (including phenoxy) is 1. The third-order valence-electron chi connectivity index (χ3n) is 2.78. The highest BCUT2D eigenvalue weighted by Crippen LogP contribution is 2.26. The zero-order chi connectivity index (χ0) is 10.7. The summed E-state index contributed by atoms with van der Waals surface area (Å²) in [5, 5.41) is 6.68. The van der Waals surface area contributed by atoms with Gasteiger partial charge >= 0.3 is 0 Å². The zero-order valence-corrected chi connectivity index (χ0v) is 12.4. The molecular weight excluding hydrogens is 317 g/mol. The summed E-state index contributed by atoms with van der Waals surface area (Å²) < 4.78 is 5.21. The average molecular weight is 339 g/mol. The molecule has 2 aliphatic rings. The zero-order valence-electron chi connectivity index (χ0n) is 10.1. The van der Waals surface area contributed by atoms with E-state index in [9.17, 15) is 0 Å². The summed E-state index contributed by atoms with van der Waals surface area (Å²) in [7, 11) is 0. The van der Waals surface area contributed by atoms with Crippen molar-refractivity contribution in [1.82, 2.24) is 10.6 Å². The molecule has 0 amide bonds. The summed E-state index contributed by atoms with van der Waals surface area (Å²) >= 11 is 0. The van der Waals surface area contributed by atoms with Crippen LogP contribution in [0.5, 0.6) is 0 Å². The number of nitrogens with zero attached hydrogens (tertiary/aromatic N) is 1. The van der Waals surface area contributed by atoms with Crippen molar-refractivity contribution in [2.75, 3.05) is 26.3 Å². The number of guanidine groups is 1. The van der Waals surface area contributed by atoms with E-state index in [4.69, 9.17) is 4.74 Å². The minimum atomic E-state index is 0. The Morgan fingerprint density at radius 2 is 2.12 bits per heavy atom. The molecule has 2 fully saturated rings. The Bertz CT molecular complexity index is 250. The van der Waals surface area contributed by atoms with Gasteiger partial charge in [0.15, 0.2) is 5.96 Å². The smallest absolute Gasteiger partial charge is 0.191 e. The fourth-order valence-corrected chi connectivity index (χ4v) is 1.55. The molecule has 0 bridgehead atoms. The van der Waals surface area contributed by atoms with Crippen LogP contribution >= 0.6 is 24.0 Å². The van der Waals surface area contributed by atoms with Crippen molar-refractivity contribution in [1.29, 1.82) is 0 Å². The van der Waals surface area contributed by atoms with Gasteiger partial charge in [0.05, 0.1) is 19.8 Å². The summed E-state index contributed by atoms with van der Waals surface area (Å²) in [5.74, 6) is 0.966. The first-order chi connectivity index (χ1) is 7.22. The summed E-state index contributed by atoms with van der Waals surface area (Å²) in [6.07, 6.45) is 2.57. The van der Waals surface area contributed by atoms with Gasteiger partial charge in [-0.3, -0.25) is 4.99 Å². The third-order valence-corrected chi connectivity index (χ3v) is 2.78. The molecule has 1 aliphatic carbocycles. The molecule has 1 saturated carbocycles. The number of aliphatic imine (C=N–C) groups is 1. The molecule has 2 rings (SSSR count). The normalized spacial score (nSPS) is 23.0. The maximum absolute atomic E-state index is 5.21. The lowest BCUT2D eigenvalue weighted by Crippen LogP contribution is -2.44. The predicted octanol–water partition coefficient (Wildman–Crippen LogP) is 1.36. The molecule has 0 aromatic carbocycles. The van der Waals surface area contributed by atoms with E-state index in [1.165, 1.54) is 12.8 Å².